The lowest BCUT2D eigenvalue weighted by Crippen LogP contribution is -2.28. The second-order valence-electron chi connectivity index (χ2n) is 2.58. The summed E-state index contributed by atoms with van der Waals surface area (Å²) in [6.07, 6.45) is 0.777. The Bertz CT molecular complexity index is 130. The lowest BCUT2D eigenvalue weighted by molar-refractivity contribution is -0.437. The van der Waals surface area contributed by atoms with E-state index in [4.69, 9.17) is 14.4 Å². The van der Waals surface area contributed by atoms with Crippen molar-refractivity contribution >= 4 is 0 Å². The van der Waals surface area contributed by atoms with Crippen LogP contribution < -0.4 is 0 Å². The second-order valence-corrected chi connectivity index (χ2v) is 2.58. The Balaban J connectivity index is 2.03. The summed E-state index contributed by atoms with van der Waals surface area (Å²) in [6.45, 7) is 3.08. The fraction of sp³-hybridized carbons (Fsp3) is 1.00. The molecule has 2 unspecified atom stereocenters. The van der Waals surface area contributed by atoms with Crippen molar-refractivity contribution < 1.29 is 19.2 Å². The summed E-state index contributed by atoms with van der Waals surface area (Å²) in [5.41, 5.74) is 0. The lowest BCUT2D eigenvalue weighted by Gasteiger charge is -2.16. The van der Waals surface area contributed by atoms with Crippen LogP contribution in [0.25, 0.3) is 0 Å². The molecule has 0 aliphatic carbocycles. The molecular weight excluding hydrogens is 136 g/mol. The Morgan fingerprint density at radius 1 is 1.50 bits per heavy atom. The Hall–Kier alpha value is -0.160. The molecule has 2 rings (SSSR count). The molecule has 4 nitrogen and oxygen atoms in total. The third-order valence-corrected chi connectivity index (χ3v) is 1.60. The van der Waals surface area contributed by atoms with Gasteiger partial charge in [-0.1, -0.05) is 0 Å². The maximum Gasteiger partial charge on any atom is 0.314 e. The zero-order chi connectivity index (χ0) is 7.03. The predicted molar refractivity (Wildman–Crippen MR) is 30.9 cm³/mol. The first-order chi connectivity index (χ1) is 4.81. The van der Waals surface area contributed by atoms with E-state index in [9.17, 15) is 0 Å². The number of ether oxygens (including phenoxy) is 2. The van der Waals surface area contributed by atoms with Crippen LogP contribution in [0, 0.1) is 0 Å². The van der Waals surface area contributed by atoms with Gasteiger partial charge < -0.3 is 9.47 Å². The zero-order valence-corrected chi connectivity index (χ0v) is 5.83. The highest BCUT2D eigenvalue weighted by Crippen LogP contribution is 2.32. The molecule has 0 amide bonds. The van der Waals surface area contributed by atoms with E-state index in [1.807, 2.05) is 6.92 Å². The highest BCUT2D eigenvalue weighted by Gasteiger charge is 2.46. The molecule has 10 heavy (non-hydrogen) atoms. The van der Waals surface area contributed by atoms with Crippen molar-refractivity contribution in [1.82, 2.24) is 0 Å². The average Bonchev–Trinajstić information content (AvgIpc) is 2.46. The van der Waals surface area contributed by atoms with Crippen LogP contribution in [-0.4, -0.2) is 25.3 Å². The molecule has 0 N–H and O–H groups in total. The van der Waals surface area contributed by atoms with Crippen LogP contribution in [0.2, 0.25) is 0 Å². The highest BCUT2D eigenvalue weighted by molar-refractivity contribution is 4.68. The fourth-order valence-electron chi connectivity index (χ4n) is 1.13. The Morgan fingerprint density at radius 2 is 2.40 bits per heavy atom. The van der Waals surface area contributed by atoms with Crippen molar-refractivity contribution in [2.24, 2.45) is 0 Å². The van der Waals surface area contributed by atoms with Gasteiger partial charge in [0, 0.05) is 0 Å². The van der Waals surface area contributed by atoms with E-state index < -0.39 is 5.97 Å². The topological polar surface area (TPSA) is 36.9 Å². The van der Waals surface area contributed by atoms with Crippen molar-refractivity contribution in [3.8, 4) is 0 Å². The fourth-order valence-corrected chi connectivity index (χ4v) is 1.13. The maximum atomic E-state index is 5.34. The maximum absolute atomic E-state index is 5.34. The molecule has 2 fully saturated rings. The molecule has 58 valence electrons. The predicted octanol–water partition coefficient (Wildman–Crippen LogP) is 0.427. The van der Waals surface area contributed by atoms with Gasteiger partial charge in [-0.3, -0.25) is 0 Å². The summed E-state index contributed by atoms with van der Waals surface area (Å²) in [5.74, 6) is -0.862. The van der Waals surface area contributed by atoms with Crippen LogP contribution in [0.1, 0.15) is 13.3 Å². The molecule has 0 bridgehead atoms. The van der Waals surface area contributed by atoms with Gasteiger partial charge in [-0.05, 0) is 6.92 Å². The molecular formula is C6H10O4. The first kappa shape index (κ1) is 6.54. The Morgan fingerprint density at radius 3 is 2.90 bits per heavy atom. The minimum Gasteiger partial charge on any atom is -0.323 e. The molecule has 2 aliphatic heterocycles. The third-order valence-electron chi connectivity index (χ3n) is 1.60. The molecule has 0 aromatic rings. The molecule has 2 aliphatic rings. The van der Waals surface area contributed by atoms with Gasteiger partial charge in [0.1, 0.15) is 0 Å². The largest absolute Gasteiger partial charge is 0.323 e. The van der Waals surface area contributed by atoms with Gasteiger partial charge in [-0.15, -0.1) is 0 Å². The van der Waals surface area contributed by atoms with Gasteiger partial charge >= 0.3 is 5.97 Å². The number of rotatable bonds is 0. The first-order valence-electron chi connectivity index (χ1n) is 3.43. The third kappa shape index (κ3) is 0.932. The monoisotopic (exact) mass is 146 g/mol. The quantitative estimate of drug-likeness (QED) is 0.464. The van der Waals surface area contributed by atoms with Crippen LogP contribution in [0.5, 0.6) is 0 Å². The molecule has 2 atom stereocenters. The number of hydrogen-bond acceptors (Lipinski definition) is 4. The molecule has 2 saturated heterocycles. The van der Waals surface area contributed by atoms with Crippen LogP contribution in [0.15, 0.2) is 0 Å². The van der Waals surface area contributed by atoms with Crippen molar-refractivity contribution in [2.45, 2.75) is 25.4 Å². The summed E-state index contributed by atoms with van der Waals surface area (Å²) < 4.78 is 10.6. The van der Waals surface area contributed by atoms with Gasteiger partial charge in [-0.2, -0.15) is 4.89 Å². The van der Waals surface area contributed by atoms with Crippen molar-refractivity contribution in [1.29, 1.82) is 0 Å². The summed E-state index contributed by atoms with van der Waals surface area (Å²) in [5, 5.41) is 0. The minimum absolute atomic E-state index is 0.113. The van der Waals surface area contributed by atoms with E-state index in [0.29, 0.717) is 19.6 Å². The summed E-state index contributed by atoms with van der Waals surface area (Å²) in [7, 11) is 0. The number of hydrogen-bond donors (Lipinski definition) is 0. The van der Waals surface area contributed by atoms with E-state index in [0.717, 1.165) is 0 Å². The Labute approximate surface area is 58.9 Å². The Kier molecular flexibility index (Phi) is 1.42. The van der Waals surface area contributed by atoms with Gasteiger partial charge in [0.2, 0.25) is 0 Å². The van der Waals surface area contributed by atoms with E-state index in [2.05, 4.69) is 4.89 Å². The molecule has 1 spiro atoms. The zero-order valence-electron chi connectivity index (χ0n) is 5.83. The molecule has 2 heterocycles. The van der Waals surface area contributed by atoms with Gasteiger partial charge in [-0.25, -0.2) is 4.89 Å². The lowest BCUT2D eigenvalue weighted by atomic mass is 10.4. The average molecular weight is 146 g/mol. The minimum atomic E-state index is -0.862. The van der Waals surface area contributed by atoms with Crippen molar-refractivity contribution in [3.63, 3.8) is 0 Å². The van der Waals surface area contributed by atoms with E-state index in [-0.39, 0.29) is 6.10 Å². The van der Waals surface area contributed by atoms with Gasteiger partial charge in [0.05, 0.1) is 25.7 Å². The van der Waals surface area contributed by atoms with Crippen LogP contribution in [0.3, 0.4) is 0 Å². The van der Waals surface area contributed by atoms with Crippen LogP contribution in [-0.2, 0) is 19.2 Å². The van der Waals surface area contributed by atoms with Crippen LogP contribution in [0.4, 0.5) is 0 Å². The summed E-state index contributed by atoms with van der Waals surface area (Å²) in [4.78, 5) is 9.51. The second kappa shape index (κ2) is 2.17. The molecule has 4 heteroatoms. The molecule has 0 aromatic heterocycles. The molecule has 0 saturated carbocycles. The van der Waals surface area contributed by atoms with Gasteiger partial charge in [0.25, 0.3) is 0 Å². The first-order valence-corrected chi connectivity index (χ1v) is 3.43. The normalized spacial score (nSPS) is 47.1. The summed E-state index contributed by atoms with van der Waals surface area (Å²) >= 11 is 0. The standard InChI is InChI=1S/C6H10O4/c1-5-4-7-6(9-5)2-3-8-10-6/h5H,2-4H2,1H3. The van der Waals surface area contributed by atoms with Crippen LogP contribution >= 0.6 is 0 Å². The van der Waals surface area contributed by atoms with Crippen molar-refractivity contribution in [3.05, 3.63) is 0 Å². The molecule has 0 radical (unpaired) electrons. The van der Waals surface area contributed by atoms with E-state index in [1.54, 1.807) is 0 Å². The smallest absolute Gasteiger partial charge is 0.314 e. The molecule has 0 aromatic carbocycles. The van der Waals surface area contributed by atoms with E-state index in [1.165, 1.54) is 0 Å². The SMILES string of the molecule is CC1COC2(CCOO2)O1. The summed E-state index contributed by atoms with van der Waals surface area (Å²) in [6, 6.07) is 0. The van der Waals surface area contributed by atoms with Crippen molar-refractivity contribution in [2.75, 3.05) is 13.2 Å². The highest BCUT2D eigenvalue weighted by atomic mass is 17.3. The van der Waals surface area contributed by atoms with E-state index >= 15 is 0 Å². The van der Waals surface area contributed by atoms with Gasteiger partial charge in [0.15, 0.2) is 0 Å².